The first-order valence-corrected chi connectivity index (χ1v) is 11.4. The average Bonchev–Trinajstić information content (AvgIpc) is 2.73. The van der Waals surface area contributed by atoms with Crippen LogP contribution in [0.25, 0.3) is 6.08 Å². The van der Waals surface area contributed by atoms with Crippen molar-refractivity contribution in [2.24, 2.45) is 28.9 Å². The fraction of sp³-hybridized carbons (Fsp3) is 0.560. The molecule has 0 saturated carbocycles. The predicted molar refractivity (Wildman–Crippen MR) is 129 cm³/mol. The standard InChI is InChI=1S/C25H40N4O4/c1-17(2)15-21(22(30)27-29(16-25(4,5)6)24(32)18(3)26)20(23(31)28-33)14-10-13-19-11-8-7-9-12-19/h7-13,17-18,20-21,33H,14-16,26H2,1-6H3,(H,27,30)(H,28,31)/t18-,20+,21-/m1/s1. The molecule has 0 heterocycles. The highest BCUT2D eigenvalue weighted by Gasteiger charge is 2.35. The number of allylic oxidation sites excluding steroid dienone is 1. The van der Waals surface area contributed by atoms with Gasteiger partial charge in [0.15, 0.2) is 0 Å². The second kappa shape index (κ2) is 13.1. The average molecular weight is 461 g/mol. The number of nitrogens with one attached hydrogen (secondary N) is 2. The number of hydrazine groups is 1. The van der Waals surface area contributed by atoms with Gasteiger partial charge < -0.3 is 5.73 Å². The summed E-state index contributed by atoms with van der Waals surface area (Å²) >= 11 is 0. The van der Waals surface area contributed by atoms with Gasteiger partial charge in [0.1, 0.15) is 0 Å². The van der Waals surface area contributed by atoms with E-state index in [4.69, 9.17) is 5.73 Å². The number of hydrogen-bond acceptors (Lipinski definition) is 5. The van der Waals surface area contributed by atoms with Gasteiger partial charge in [-0.3, -0.25) is 30.0 Å². The number of hydroxylamine groups is 1. The Balaban J connectivity index is 3.18. The van der Waals surface area contributed by atoms with E-state index in [1.165, 1.54) is 5.01 Å². The molecular weight excluding hydrogens is 420 g/mol. The van der Waals surface area contributed by atoms with E-state index in [1.54, 1.807) is 12.4 Å². The fourth-order valence-electron chi connectivity index (χ4n) is 3.52. The van der Waals surface area contributed by atoms with Gasteiger partial charge in [0.05, 0.1) is 17.9 Å². The normalized spacial score (nSPS) is 14.6. The van der Waals surface area contributed by atoms with Crippen LogP contribution < -0.4 is 16.6 Å². The van der Waals surface area contributed by atoms with Gasteiger partial charge in [-0.2, -0.15) is 0 Å². The van der Waals surface area contributed by atoms with Crippen molar-refractivity contribution in [2.45, 2.75) is 60.4 Å². The van der Waals surface area contributed by atoms with E-state index in [2.05, 4.69) is 5.43 Å². The first kappa shape index (κ1) is 28.3. The summed E-state index contributed by atoms with van der Waals surface area (Å²) in [5.74, 6) is -2.99. The minimum absolute atomic E-state index is 0.105. The lowest BCUT2D eigenvalue weighted by Gasteiger charge is -2.34. The summed E-state index contributed by atoms with van der Waals surface area (Å²) < 4.78 is 0. The van der Waals surface area contributed by atoms with E-state index < -0.39 is 35.6 Å². The maximum atomic E-state index is 13.4. The van der Waals surface area contributed by atoms with Crippen LogP contribution in [-0.2, 0) is 14.4 Å². The van der Waals surface area contributed by atoms with Crippen LogP contribution in [0.3, 0.4) is 0 Å². The lowest BCUT2D eigenvalue weighted by atomic mass is 9.82. The third-order valence-electron chi connectivity index (χ3n) is 5.03. The first-order valence-electron chi connectivity index (χ1n) is 11.4. The molecule has 1 aromatic rings. The molecular formula is C25H40N4O4. The number of nitrogens with zero attached hydrogens (tertiary/aromatic N) is 1. The van der Waals surface area contributed by atoms with Crippen LogP contribution in [0.4, 0.5) is 0 Å². The minimum atomic E-state index is -0.820. The zero-order chi connectivity index (χ0) is 25.2. The van der Waals surface area contributed by atoms with Gasteiger partial charge in [-0.1, -0.05) is 77.1 Å². The van der Waals surface area contributed by atoms with Gasteiger partial charge in [-0.15, -0.1) is 0 Å². The molecule has 0 radical (unpaired) electrons. The van der Waals surface area contributed by atoms with Crippen molar-refractivity contribution in [3.63, 3.8) is 0 Å². The Morgan fingerprint density at radius 2 is 1.67 bits per heavy atom. The molecule has 0 spiro atoms. The van der Waals surface area contributed by atoms with Crippen LogP contribution in [0.1, 0.15) is 59.9 Å². The van der Waals surface area contributed by atoms with Crippen LogP contribution >= 0.6 is 0 Å². The van der Waals surface area contributed by atoms with Crippen molar-refractivity contribution in [1.29, 1.82) is 0 Å². The molecule has 0 aliphatic rings. The van der Waals surface area contributed by atoms with Crippen molar-refractivity contribution in [3.8, 4) is 0 Å². The molecule has 184 valence electrons. The van der Waals surface area contributed by atoms with E-state index in [-0.39, 0.29) is 24.3 Å². The summed E-state index contributed by atoms with van der Waals surface area (Å²) in [4.78, 5) is 38.6. The van der Waals surface area contributed by atoms with E-state index in [9.17, 15) is 19.6 Å². The molecule has 1 aromatic carbocycles. The van der Waals surface area contributed by atoms with Gasteiger partial charge in [0, 0.05) is 6.54 Å². The molecule has 0 fully saturated rings. The van der Waals surface area contributed by atoms with Crippen molar-refractivity contribution in [2.75, 3.05) is 6.54 Å². The summed E-state index contributed by atoms with van der Waals surface area (Å²) in [7, 11) is 0. The highest BCUT2D eigenvalue weighted by atomic mass is 16.5. The minimum Gasteiger partial charge on any atom is -0.320 e. The first-order chi connectivity index (χ1) is 15.4. The van der Waals surface area contributed by atoms with E-state index in [0.717, 1.165) is 5.56 Å². The number of hydrogen-bond donors (Lipinski definition) is 4. The van der Waals surface area contributed by atoms with Crippen molar-refractivity contribution in [3.05, 3.63) is 42.0 Å². The zero-order valence-electron chi connectivity index (χ0n) is 20.7. The summed E-state index contributed by atoms with van der Waals surface area (Å²) in [6, 6.07) is 8.80. The lowest BCUT2D eigenvalue weighted by molar-refractivity contribution is -0.149. The number of amides is 3. The van der Waals surface area contributed by atoms with Crippen molar-refractivity contribution < 1.29 is 19.6 Å². The zero-order valence-corrected chi connectivity index (χ0v) is 20.7. The van der Waals surface area contributed by atoms with Crippen molar-refractivity contribution >= 4 is 23.8 Å². The summed E-state index contributed by atoms with van der Waals surface area (Å²) in [5.41, 5.74) is 10.9. The second-order valence-electron chi connectivity index (χ2n) is 10.1. The third kappa shape index (κ3) is 10.2. The highest BCUT2D eigenvalue weighted by Crippen LogP contribution is 2.26. The fourth-order valence-corrected chi connectivity index (χ4v) is 3.52. The van der Waals surface area contributed by atoms with Gasteiger partial charge in [-0.05, 0) is 36.7 Å². The number of nitrogens with two attached hydrogens (primary N) is 1. The molecule has 0 bridgehead atoms. The summed E-state index contributed by atoms with van der Waals surface area (Å²) in [5, 5.41) is 10.6. The Morgan fingerprint density at radius 1 is 1.06 bits per heavy atom. The molecule has 1 rings (SSSR count). The Morgan fingerprint density at radius 3 is 2.15 bits per heavy atom. The molecule has 0 saturated heterocycles. The third-order valence-corrected chi connectivity index (χ3v) is 5.03. The lowest BCUT2D eigenvalue weighted by Crippen LogP contribution is -2.56. The topological polar surface area (TPSA) is 125 Å². The van der Waals surface area contributed by atoms with Crippen molar-refractivity contribution in [1.82, 2.24) is 15.9 Å². The molecule has 0 aliphatic carbocycles. The quantitative estimate of drug-likeness (QED) is 0.315. The summed E-state index contributed by atoms with van der Waals surface area (Å²) in [6.07, 6.45) is 4.33. The van der Waals surface area contributed by atoms with Crippen LogP contribution in [-0.4, -0.2) is 40.5 Å². The Hall–Kier alpha value is -2.71. The molecule has 3 amide bonds. The molecule has 0 unspecified atom stereocenters. The second-order valence-corrected chi connectivity index (χ2v) is 10.1. The van der Waals surface area contributed by atoms with Crippen LogP contribution in [0.2, 0.25) is 0 Å². The molecule has 3 atom stereocenters. The van der Waals surface area contributed by atoms with Gasteiger partial charge >= 0.3 is 0 Å². The highest BCUT2D eigenvalue weighted by molar-refractivity contribution is 5.89. The van der Waals surface area contributed by atoms with Crippen LogP contribution in [0, 0.1) is 23.2 Å². The van der Waals surface area contributed by atoms with Crippen LogP contribution in [0.5, 0.6) is 0 Å². The van der Waals surface area contributed by atoms with Gasteiger partial charge in [0.25, 0.3) is 5.91 Å². The van der Waals surface area contributed by atoms with Crippen LogP contribution in [0.15, 0.2) is 36.4 Å². The molecule has 0 aliphatic heterocycles. The Bertz CT molecular complexity index is 800. The summed E-state index contributed by atoms with van der Waals surface area (Å²) in [6.45, 7) is 11.6. The number of benzene rings is 1. The van der Waals surface area contributed by atoms with E-state index in [1.807, 2.05) is 77.1 Å². The van der Waals surface area contributed by atoms with E-state index in [0.29, 0.717) is 6.42 Å². The molecule has 8 nitrogen and oxygen atoms in total. The number of rotatable bonds is 10. The smallest absolute Gasteiger partial charge is 0.257 e. The predicted octanol–water partition coefficient (Wildman–Crippen LogP) is 3.13. The molecule has 33 heavy (non-hydrogen) atoms. The molecule has 8 heteroatoms. The Labute approximate surface area is 197 Å². The SMILES string of the molecule is CC(C)C[C@@H](C(=O)NN(CC(C)(C)C)C(=O)[C@@H](C)N)[C@H](CC=Cc1ccccc1)C(=O)NO. The monoisotopic (exact) mass is 460 g/mol. The molecule has 5 N–H and O–H groups in total. The number of carbonyl (C=O) groups excluding carboxylic acids is 3. The maximum Gasteiger partial charge on any atom is 0.257 e. The van der Waals surface area contributed by atoms with Gasteiger partial charge in [0.2, 0.25) is 11.8 Å². The van der Waals surface area contributed by atoms with Gasteiger partial charge in [-0.25, -0.2) is 5.48 Å². The Kier molecular flexibility index (Phi) is 11.2. The maximum absolute atomic E-state index is 13.4. The largest absolute Gasteiger partial charge is 0.320 e. The molecule has 0 aromatic heterocycles. The van der Waals surface area contributed by atoms with E-state index >= 15 is 0 Å². The number of carbonyl (C=O) groups is 3.